The largest absolute Gasteiger partial charge is 0.495 e. The predicted octanol–water partition coefficient (Wildman–Crippen LogP) is 2.72. The van der Waals surface area contributed by atoms with Crippen molar-refractivity contribution in [2.24, 2.45) is 0 Å². The number of hydrogen-bond acceptors (Lipinski definition) is 8. The molecule has 12 heteroatoms. The molecule has 0 bridgehead atoms. The lowest BCUT2D eigenvalue weighted by Crippen LogP contribution is -2.37. The van der Waals surface area contributed by atoms with Crippen LogP contribution in [0, 0.1) is 0 Å². The number of methoxy groups -OCH3 is 1. The smallest absolute Gasteiger partial charge is 0.246 e. The molecule has 8 nitrogen and oxygen atoms in total. The first-order chi connectivity index (χ1) is 12.2. The van der Waals surface area contributed by atoms with Gasteiger partial charge < -0.3 is 4.74 Å². The van der Waals surface area contributed by atoms with Crippen molar-refractivity contribution in [1.29, 1.82) is 0 Å². The van der Waals surface area contributed by atoms with Crippen LogP contribution in [0.25, 0.3) is 0 Å². The van der Waals surface area contributed by atoms with Gasteiger partial charge in [0.2, 0.25) is 21.1 Å². The highest BCUT2D eigenvalue weighted by Gasteiger charge is 2.25. The fourth-order valence-corrected chi connectivity index (χ4v) is 4.65. The van der Waals surface area contributed by atoms with Crippen molar-refractivity contribution in [2.75, 3.05) is 35.3 Å². The SMILES string of the molecule is CCSc1nnc(NC(=O)CN(c2cc(Cl)ccc2OC)S(C)(=O)=O)s1. The molecule has 0 spiro atoms. The highest BCUT2D eigenvalue weighted by molar-refractivity contribution is 8.01. The van der Waals surface area contributed by atoms with E-state index < -0.39 is 22.5 Å². The normalized spacial score (nSPS) is 11.2. The maximum atomic E-state index is 12.3. The second-order valence-electron chi connectivity index (χ2n) is 4.94. The van der Waals surface area contributed by atoms with E-state index >= 15 is 0 Å². The summed E-state index contributed by atoms with van der Waals surface area (Å²) >= 11 is 8.69. The second-order valence-corrected chi connectivity index (χ2v) is 9.77. The summed E-state index contributed by atoms with van der Waals surface area (Å²) in [6.07, 6.45) is 1.00. The number of anilines is 2. The number of nitrogens with zero attached hydrogens (tertiary/aromatic N) is 3. The highest BCUT2D eigenvalue weighted by atomic mass is 35.5. The molecule has 142 valence electrons. The number of thioether (sulfide) groups is 1. The van der Waals surface area contributed by atoms with Crippen LogP contribution in [0.4, 0.5) is 10.8 Å². The van der Waals surface area contributed by atoms with Gasteiger partial charge in [0.05, 0.1) is 19.1 Å². The molecule has 2 rings (SSSR count). The van der Waals surface area contributed by atoms with Crippen molar-refractivity contribution in [3.8, 4) is 5.75 Å². The van der Waals surface area contributed by atoms with Crippen LogP contribution in [-0.4, -0.2) is 50.2 Å². The average molecular weight is 437 g/mol. The first-order valence-electron chi connectivity index (χ1n) is 7.32. The van der Waals surface area contributed by atoms with E-state index in [1.807, 2.05) is 6.92 Å². The van der Waals surface area contributed by atoms with E-state index in [4.69, 9.17) is 16.3 Å². The van der Waals surface area contributed by atoms with E-state index in [9.17, 15) is 13.2 Å². The number of amides is 1. The molecule has 0 saturated carbocycles. The van der Waals surface area contributed by atoms with Crippen molar-refractivity contribution in [2.45, 2.75) is 11.3 Å². The molecule has 26 heavy (non-hydrogen) atoms. The van der Waals surface area contributed by atoms with Crippen LogP contribution in [0.15, 0.2) is 22.5 Å². The first-order valence-corrected chi connectivity index (χ1v) is 11.3. The Hall–Kier alpha value is -1.56. The molecule has 1 N–H and O–H groups in total. The number of aromatic nitrogens is 2. The standard InChI is InChI=1S/C14H17ClN4O4S3/c1-4-24-14-18-17-13(25-14)16-12(20)8-19(26(3,21)22)10-7-9(15)5-6-11(10)23-2/h5-7H,4,8H2,1-3H3,(H,16,17,20). The van der Waals surface area contributed by atoms with E-state index in [0.717, 1.165) is 20.7 Å². The zero-order valence-electron chi connectivity index (χ0n) is 14.2. The number of ether oxygens (including phenoxy) is 1. The molecule has 0 radical (unpaired) electrons. The van der Waals surface area contributed by atoms with Gasteiger partial charge in [-0.3, -0.25) is 14.4 Å². The van der Waals surface area contributed by atoms with Gasteiger partial charge in [0.25, 0.3) is 0 Å². The second kappa shape index (κ2) is 8.89. The van der Waals surface area contributed by atoms with E-state index in [1.165, 1.54) is 42.3 Å². The summed E-state index contributed by atoms with van der Waals surface area (Å²) in [5.74, 6) is 0.561. The van der Waals surface area contributed by atoms with Gasteiger partial charge in [0.15, 0.2) is 4.34 Å². The minimum absolute atomic E-state index is 0.178. The Balaban J connectivity index is 2.23. The Morgan fingerprint density at radius 1 is 1.42 bits per heavy atom. The van der Waals surface area contributed by atoms with Crippen molar-refractivity contribution < 1.29 is 17.9 Å². The van der Waals surface area contributed by atoms with Crippen molar-refractivity contribution in [3.05, 3.63) is 23.2 Å². The average Bonchev–Trinajstić information content (AvgIpc) is 2.99. The van der Waals surface area contributed by atoms with E-state index in [2.05, 4.69) is 15.5 Å². The molecule has 1 aromatic carbocycles. The quantitative estimate of drug-likeness (QED) is 0.501. The molecule has 2 aromatic rings. The predicted molar refractivity (Wildman–Crippen MR) is 105 cm³/mol. The highest BCUT2D eigenvalue weighted by Crippen LogP contribution is 2.33. The van der Waals surface area contributed by atoms with Gasteiger partial charge >= 0.3 is 0 Å². The monoisotopic (exact) mass is 436 g/mol. The van der Waals surface area contributed by atoms with Gasteiger partial charge in [-0.25, -0.2) is 8.42 Å². The zero-order chi connectivity index (χ0) is 19.3. The number of hydrogen-bond donors (Lipinski definition) is 1. The van der Waals surface area contributed by atoms with Gasteiger partial charge in [-0.15, -0.1) is 10.2 Å². The minimum Gasteiger partial charge on any atom is -0.495 e. The van der Waals surface area contributed by atoms with Gasteiger partial charge in [-0.2, -0.15) is 0 Å². The fourth-order valence-electron chi connectivity index (χ4n) is 1.97. The van der Waals surface area contributed by atoms with E-state index in [0.29, 0.717) is 10.2 Å². The van der Waals surface area contributed by atoms with Crippen molar-refractivity contribution >= 4 is 61.4 Å². The van der Waals surface area contributed by atoms with Crippen molar-refractivity contribution in [1.82, 2.24) is 10.2 Å². The molecule has 0 fully saturated rings. The summed E-state index contributed by atoms with van der Waals surface area (Å²) in [6.45, 7) is 1.53. The third kappa shape index (κ3) is 5.47. The summed E-state index contributed by atoms with van der Waals surface area (Å²) in [7, 11) is -2.36. The minimum atomic E-state index is -3.76. The molecule has 1 heterocycles. The Morgan fingerprint density at radius 2 is 2.15 bits per heavy atom. The molecule has 0 unspecified atom stereocenters. The Kier molecular flexibility index (Phi) is 7.09. The topological polar surface area (TPSA) is 101 Å². The van der Waals surface area contributed by atoms with Crippen LogP contribution in [0.1, 0.15) is 6.92 Å². The maximum absolute atomic E-state index is 12.3. The van der Waals surface area contributed by atoms with Crippen LogP contribution in [0.3, 0.4) is 0 Å². The molecular weight excluding hydrogens is 420 g/mol. The number of carbonyl (C=O) groups excluding carboxylic acids is 1. The van der Waals surface area contributed by atoms with Crippen LogP contribution >= 0.6 is 34.7 Å². The molecule has 1 amide bonds. The number of halogens is 1. The summed E-state index contributed by atoms with van der Waals surface area (Å²) in [4.78, 5) is 12.3. The maximum Gasteiger partial charge on any atom is 0.246 e. The van der Waals surface area contributed by atoms with Gasteiger partial charge in [0, 0.05) is 5.02 Å². The number of sulfonamides is 1. The van der Waals surface area contributed by atoms with Crippen LogP contribution in [-0.2, 0) is 14.8 Å². The molecule has 1 aromatic heterocycles. The summed E-state index contributed by atoms with van der Waals surface area (Å²) < 4.78 is 31.2. The fraction of sp³-hybridized carbons (Fsp3) is 0.357. The van der Waals surface area contributed by atoms with Crippen LogP contribution < -0.4 is 14.4 Å². The molecule has 0 saturated heterocycles. The number of rotatable bonds is 8. The number of carbonyl (C=O) groups is 1. The number of nitrogens with one attached hydrogen (secondary N) is 1. The first kappa shape index (κ1) is 20.7. The third-order valence-corrected chi connectivity index (χ3v) is 6.23. The third-order valence-electron chi connectivity index (χ3n) is 3.02. The molecule has 0 aliphatic heterocycles. The van der Waals surface area contributed by atoms with Crippen LogP contribution in [0.2, 0.25) is 5.02 Å². The van der Waals surface area contributed by atoms with E-state index in [-0.39, 0.29) is 11.4 Å². The Labute approximate surface area is 164 Å². The van der Waals surface area contributed by atoms with E-state index in [1.54, 1.807) is 6.07 Å². The Morgan fingerprint density at radius 3 is 2.77 bits per heavy atom. The molecular formula is C14H17ClN4O4S3. The molecule has 0 aliphatic carbocycles. The molecule has 0 atom stereocenters. The van der Waals surface area contributed by atoms with Gasteiger partial charge in [-0.1, -0.05) is 41.6 Å². The van der Waals surface area contributed by atoms with Crippen molar-refractivity contribution in [3.63, 3.8) is 0 Å². The lowest BCUT2D eigenvalue weighted by Gasteiger charge is -2.23. The van der Waals surface area contributed by atoms with Crippen LogP contribution in [0.5, 0.6) is 5.75 Å². The Bertz CT molecular complexity index is 888. The lowest BCUT2D eigenvalue weighted by molar-refractivity contribution is -0.114. The molecule has 0 aliphatic rings. The number of benzene rings is 1. The summed E-state index contributed by atoms with van der Waals surface area (Å²) in [6, 6.07) is 4.53. The lowest BCUT2D eigenvalue weighted by atomic mass is 10.3. The van der Waals surface area contributed by atoms with Gasteiger partial charge in [0.1, 0.15) is 12.3 Å². The zero-order valence-corrected chi connectivity index (χ0v) is 17.4. The van der Waals surface area contributed by atoms with Gasteiger partial charge in [-0.05, 0) is 24.0 Å². The summed E-state index contributed by atoms with van der Waals surface area (Å²) in [5, 5.41) is 11.0. The summed E-state index contributed by atoms with van der Waals surface area (Å²) in [5.41, 5.74) is 0.178.